The third kappa shape index (κ3) is 5.98. The van der Waals surface area contributed by atoms with Crippen LogP contribution in [0, 0.1) is 19.8 Å². The van der Waals surface area contributed by atoms with E-state index in [0.717, 1.165) is 12.8 Å². The van der Waals surface area contributed by atoms with E-state index in [-0.39, 0.29) is 12.0 Å². The van der Waals surface area contributed by atoms with E-state index in [1.165, 1.54) is 23.1 Å². The van der Waals surface area contributed by atoms with Crippen LogP contribution in [0.25, 0.3) is 0 Å². The highest BCUT2D eigenvalue weighted by molar-refractivity contribution is 5.81. The first kappa shape index (κ1) is 22.3. The summed E-state index contributed by atoms with van der Waals surface area (Å²) in [6.45, 7) is 13.1. The van der Waals surface area contributed by atoms with Crippen molar-refractivity contribution in [3.63, 3.8) is 0 Å². The smallest absolute Gasteiger partial charge is 0.408 e. The zero-order valence-electron chi connectivity index (χ0n) is 18.3. The van der Waals surface area contributed by atoms with E-state index >= 15 is 0 Å². The highest BCUT2D eigenvalue weighted by Gasteiger charge is 2.36. The summed E-state index contributed by atoms with van der Waals surface area (Å²) in [6.07, 6.45) is 2.66. The van der Waals surface area contributed by atoms with Gasteiger partial charge in [0.15, 0.2) is 0 Å². The van der Waals surface area contributed by atoms with Crippen molar-refractivity contribution >= 4 is 12.1 Å². The Hall–Kier alpha value is -2.04. The lowest BCUT2D eigenvalue weighted by Crippen LogP contribution is -2.44. The molecule has 1 aliphatic rings. The molecule has 0 bridgehead atoms. The van der Waals surface area contributed by atoms with Crippen LogP contribution < -0.4 is 5.32 Å². The van der Waals surface area contributed by atoms with Crippen molar-refractivity contribution < 1.29 is 19.1 Å². The largest absolute Gasteiger partial charge is 0.460 e. The predicted molar refractivity (Wildman–Crippen MR) is 110 cm³/mol. The van der Waals surface area contributed by atoms with Gasteiger partial charge in [0, 0.05) is 5.92 Å². The minimum Gasteiger partial charge on any atom is -0.460 e. The average Bonchev–Trinajstić information content (AvgIpc) is 2.49. The maximum absolute atomic E-state index is 12.6. The van der Waals surface area contributed by atoms with E-state index in [0.29, 0.717) is 5.92 Å². The minimum atomic E-state index is -0.765. The maximum atomic E-state index is 12.6. The number of esters is 1. The van der Waals surface area contributed by atoms with E-state index < -0.39 is 23.7 Å². The molecule has 0 unspecified atom stereocenters. The topological polar surface area (TPSA) is 64.6 Å². The Bertz CT molecular complexity index is 703. The standard InChI is InChI=1S/C23H35NO4/c1-14-11-12-19(15(2)13-14)20(18-9-8-10-18)17(4)27-21(25)16(3)24-22(26)28-23(5,6)7/h11-13,16-18,20H,8-10H2,1-7H3,(H,24,26)/t16-,17-,20+/m0/s1. The van der Waals surface area contributed by atoms with Crippen molar-refractivity contribution in [1.29, 1.82) is 0 Å². The van der Waals surface area contributed by atoms with Gasteiger partial charge in [-0.05, 0) is 78.4 Å². The van der Waals surface area contributed by atoms with Crippen molar-refractivity contribution in [3.8, 4) is 0 Å². The number of ether oxygens (including phenoxy) is 2. The highest BCUT2D eigenvalue weighted by atomic mass is 16.6. The van der Waals surface area contributed by atoms with Gasteiger partial charge in [0.25, 0.3) is 0 Å². The summed E-state index contributed by atoms with van der Waals surface area (Å²) >= 11 is 0. The van der Waals surface area contributed by atoms with Gasteiger partial charge in [-0.15, -0.1) is 0 Å². The van der Waals surface area contributed by atoms with Crippen LogP contribution in [0.15, 0.2) is 18.2 Å². The van der Waals surface area contributed by atoms with Gasteiger partial charge in [-0.2, -0.15) is 0 Å². The van der Waals surface area contributed by atoms with Crippen LogP contribution in [0.4, 0.5) is 4.79 Å². The van der Waals surface area contributed by atoms with Crippen LogP contribution in [0.2, 0.25) is 0 Å². The van der Waals surface area contributed by atoms with Gasteiger partial charge in [-0.3, -0.25) is 0 Å². The molecule has 2 rings (SSSR count). The summed E-state index contributed by atoms with van der Waals surface area (Å²) in [5.74, 6) is 0.262. The number of nitrogens with one attached hydrogen (secondary N) is 1. The first-order valence-electron chi connectivity index (χ1n) is 10.2. The molecule has 5 nitrogen and oxygen atoms in total. The summed E-state index contributed by atoms with van der Waals surface area (Å²) in [5.41, 5.74) is 3.11. The number of aryl methyl sites for hydroxylation is 2. The Balaban J connectivity index is 2.05. The fourth-order valence-electron chi connectivity index (χ4n) is 3.79. The van der Waals surface area contributed by atoms with E-state index in [9.17, 15) is 9.59 Å². The van der Waals surface area contributed by atoms with E-state index in [4.69, 9.17) is 9.47 Å². The number of alkyl carbamates (subject to hydrolysis) is 1. The zero-order valence-corrected chi connectivity index (χ0v) is 18.3. The van der Waals surface area contributed by atoms with Crippen molar-refractivity contribution in [3.05, 3.63) is 34.9 Å². The second kappa shape index (κ2) is 8.97. The number of rotatable bonds is 6. The van der Waals surface area contributed by atoms with Crippen molar-refractivity contribution in [2.75, 3.05) is 0 Å². The first-order valence-corrected chi connectivity index (χ1v) is 10.2. The monoisotopic (exact) mass is 389 g/mol. The predicted octanol–water partition coefficient (Wildman–Crippen LogP) is 5.03. The molecule has 0 radical (unpaired) electrons. The number of amides is 1. The number of hydrogen-bond donors (Lipinski definition) is 1. The lowest BCUT2D eigenvalue weighted by Gasteiger charge is -2.38. The van der Waals surface area contributed by atoms with Crippen molar-refractivity contribution in [1.82, 2.24) is 5.32 Å². The summed E-state index contributed by atoms with van der Waals surface area (Å²) in [5, 5.41) is 2.56. The van der Waals surface area contributed by atoms with Crippen LogP contribution in [-0.2, 0) is 14.3 Å². The molecule has 1 aliphatic carbocycles. The zero-order chi connectivity index (χ0) is 21.1. The van der Waals surface area contributed by atoms with E-state index in [1.807, 2.05) is 6.92 Å². The average molecular weight is 390 g/mol. The fourth-order valence-corrected chi connectivity index (χ4v) is 3.79. The summed E-state index contributed by atoms with van der Waals surface area (Å²) < 4.78 is 11.0. The second-order valence-corrected chi connectivity index (χ2v) is 9.09. The molecule has 28 heavy (non-hydrogen) atoms. The van der Waals surface area contributed by atoms with Gasteiger partial charge < -0.3 is 14.8 Å². The molecule has 1 fully saturated rings. The Morgan fingerprint density at radius 1 is 1.14 bits per heavy atom. The Morgan fingerprint density at radius 3 is 2.29 bits per heavy atom. The molecule has 1 saturated carbocycles. The SMILES string of the molecule is Cc1ccc([C@@H](C2CCC2)[C@H](C)OC(=O)[C@H](C)NC(=O)OC(C)(C)C)c(C)c1. The lowest BCUT2D eigenvalue weighted by atomic mass is 9.70. The molecule has 1 N–H and O–H groups in total. The molecule has 0 aromatic heterocycles. The third-order valence-electron chi connectivity index (χ3n) is 5.34. The van der Waals surface area contributed by atoms with Gasteiger partial charge in [-0.25, -0.2) is 9.59 Å². The Morgan fingerprint density at radius 2 is 1.79 bits per heavy atom. The molecule has 156 valence electrons. The highest BCUT2D eigenvalue weighted by Crippen LogP contribution is 2.43. The second-order valence-electron chi connectivity index (χ2n) is 9.09. The van der Waals surface area contributed by atoms with E-state index in [2.05, 4.69) is 37.4 Å². The molecule has 0 spiro atoms. The quantitative estimate of drug-likeness (QED) is 0.693. The van der Waals surface area contributed by atoms with Crippen LogP contribution in [0.5, 0.6) is 0 Å². The first-order chi connectivity index (χ1) is 13.0. The van der Waals surface area contributed by atoms with Crippen LogP contribution in [0.1, 0.15) is 76.5 Å². The number of carbonyl (C=O) groups excluding carboxylic acids is 2. The van der Waals surface area contributed by atoms with Gasteiger partial charge in [0.05, 0.1) is 0 Å². The molecule has 1 aromatic rings. The van der Waals surface area contributed by atoms with Crippen LogP contribution in [-0.4, -0.2) is 29.8 Å². The number of hydrogen-bond acceptors (Lipinski definition) is 4. The molecular weight excluding hydrogens is 354 g/mol. The van der Waals surface area contributed by atoms with E-state index in [1.54, 1.807) is 27.7 Å². The molecule has 3 atom stereocenters. The summed E-state index contributed by atoms with van der Waals surface area (Å²) in [6, 6.07) is 5.70. The molecular formula is C23H35NO4. The Labute approximate surface area is 169 Å². The summed E-state index contributed by atoms with van der Waals surface area (Å²) in [4.78, 5) is 24.5. The molecule has 0 saturated heterocycles. The summed E-state index contributed by atoms with van der Waals surface area (Å²) in [7, 11) is 0. The van der Waals surface area contributed by atoms with Gasteiger partial charge in [-0.1, -0.05) is 30.2 Å². The van der Waals surface area contributed by atoms with Crippen LogP contribution in [0.3, 0.4) is 0 Å². The van der Waals surface area contributed by atoms with Gasteiger partial charge >= 0.3 is 12.1 Å². The normalized spacial score (nSPS) is 17.8. The molecule has 5 heteroatoms. The van der Waals surface area contributed by atoms with Gasteiger partial charge in [0.2, 0.25) is 0 Å². The van der Waals surface area contributed by atoms with Crippen molar-refractivity contribution in [2.24, 2.45) is 5.92 Å². The van der Waals surface area contributed by atoms with Crippen LogP contribution >= 0.6 is 0 Å². The lowest BCUT2D eigenvalue weighted by molar-refractivity contribution is -0.152. The molecule has 1 amide bonds. The number of benzene rings is 1. The molecule has 1 aromatic carbocycles. The Kier molecular flexibility index (Phi) is 7.13. The van der Waals surface area contributed by atoms with Crippen molar-refractivity contribution in [2.45, 2.75) is 91.4 Å². The third-order valence-corrected chi connectivity index (χ3v) is 5.34. The number of carbonyl (C=O) groups is 2. The minimum absolute atomic E-state index is 0.173. The molecule has 0 heterocycles. The maximum Gasteiger partial charge on any atom is 0.408 e. The fraction of sp³-hybridized carbons (Fsp3) is 0.652. The molecule has 0 aliphatic heterocycles. The van der Waals surface area contributed by atoms with Gasteiger partial charge in [0.1, 0.15) is 17.7 Å².